The highest BCUT2D eigenvalue weighted by Gasteiger charge is 2.44. The van der Waals surface area contributed by atoms with Gasteiger partial charge >= 0.3 is 6.61 Å². The van der Waals surface area contributed by atoms with Gasteiger partial charge in [0.1, 0.15) is 12.3 Å². The second-order valence-electron chi connectivity index (χ2n) is 8.31. The fourth-order valence-electron chi connectivity index (χ4n) is 4.44. The minimum absolute atomic E-state index is 0.113. The summed E-state index contributed by atoms with van der Waals surface area (Å²) in [5.41, 5.74) is 5.21. The number of allylic oxidation sites excluding steroid dienone is 1. The molecule has 0 spiro atoms. The van der Waals surface area contributed by atoms with Crippen molar-refractivity contribution < 1.29 is 22.8 Å². The van der Waals surface area contributed by atoms with Crippen LogP contribution in [-0.4, -0.2) is 40.8 Å². The first-order valence-corrected chi connectivity index (χ1v) is 12.0. The molecule has 3 aliphatic rings. The fourth-order valence-corrected chi connectivity index (χ4v) is 4.44. The van der Waals surface area contributed by atoms with Crippen LogP contribution >= 0.6 is 0 Å². The van der Waals surface area contributed by atoms with Crippen LogP contribution < -0.4 is 4.74 Å². The molecule has 5 rings (SSSR count). The Balaban J connectivity index is 0.00000148. The maximum absolute atomic E-state index is 12.4. The van der Waals surface area contributed by atoms with Crippen molar-refractivity contribution in [3.63, 3.8) is 0 Å². The quantitative estimate of drug-likeness (QED) is 0.456. The summed E-state index contributed by atoms with van der Waals surface area (Å²) in [6, 6.07) is 6.52. The molecule has 190 valence electrons. The van der Waals surface area contributed by atoms with Crippen molar-refractivity contribution in [3.05, 3.63) is 70.9 Å². The maximum atomic E-state index is 12.4. The van der Waals surface area contributed by atoms with Crippen LogP contribution in [0.1, 0.15) is 63.4 Å². The molecule has 0 aliphatic carbocycles. The number of alkyl halides is 2. The number of aliphatic imine (C=N–C) groups is 2. The molecule has 1 aromatic heterocycles. The Bertz CT molecular complexity index is 1210. The van der Waals surface area contributed by atoms with Crippen molar-refractivity contribution in [1.29, 1.82) is 0 Å². The summed E-state index contributed by atoms with van der Waals surface area (Å²) in [5.74, 6) is 1.83. The lowest BCUT2D eigenvalue weighted by Crippen LogP contribution is -2.28. The third kappa shape index (κ3) is 5.01. The van der Waals surface area contributed by atoms with E-state index < -0.39 is 12.0 Å². The van der Waals surface area contributed by atoms with Gasteiger partial charge in [0, 0.05) is 18.2 Å². The van der Waals surface area contributed by atoms with Crippen molar-refractivity contribution in [2.45, 2.75) is 64.7 Å². The van der Waals surface area contributed by atoms with Gasteiger partial charge < -0.3 is 18.9 Å². The first-order chi connectivity index (χ1) is 17.5. The zero-order chi connectivity index (χ0) is 25.7. The molecule has 36 heavy (non-hydrogen) atoms. The summed E-state index contributed by atoms with van der Waals surface area (Å²) in [5, 5.41) is 4.28. The fraction of sp³-hybridized carbons (Fsp3) is 0.423. The van der Waals surface area contributed by atoms with E-state index in [0.29, 0.717) is 43.5 Å². The molecule has 0 bridgehead atoms. The van der Waals surface area contributed by atoms with Crippen LogP contribution in [0.15, 0.2) is 68.2 Å². The van der Waals surface area contributed by atoms with Gasteiger partial charge in [0.05, 0.1) is 30.2 Å². The lowest BCUT2D eigenvalue weighted by atomic mass is 9.81. The number of hydrogen-bond acceptors (Lipinski definition) is 8. The van der Waals surface area contributed by atoms with Crippen molar-refractivity contribution in [2.75, 3.05) is 6.61 Å². The van der Waals surface area contributed by atoms with Crippen LogP contribution in [0, 0.1) is 0 Å². The zero-order valence-corrected chi connectivity index (χ0v) is 20.6. The van der Waals surface area contributed by atoms with Gasteiger partial charge in [-0.1, -0.05) is 44.6 Å². The van der Waals surface area contributed by atoms with Gasteiger partial charge in [-0.25, -0.2) is 9.98 Å². The van der Waals surface area contributed by atoms with Gasteiger partial charge in [-0.2, -0.15) is 13.8 Å². The molecule has 4 heterocycles. The van der Waals surface area contributed by atoms with Gasteiger partial charge in [-0.3, -0.25) is 0 Å². The highest BCUT2D eigenvalue weighted by molar-refractivity contribution is 5.75. The minimum Gasteiger partial charge on any atom is -0.435 e. The average Bonchev–Trinajstić information content (AvgIpc) is 3.65. The Morgan fingerprint density at radius 2 is 2.03 bits per heavy atom. The minimum atomic E-state index is -2.85. The molecule has 2 aromatic rings. The van der Waals surface area contributed by atoms with Crippen molar-refractivity contribution in [2.24, 2.45) is 9.98 Å². The third-order valence-electron chi connectivity index (χ3n) is 6.38. The Morgan fingerprint density at radius 3 is 2.72 bits per heavy atom. The summed E-state index contributed by atoms with van der Waals surface area (Å²) < 4.78 is 40.9. The Labute approximate surface area is 208 Å². The molecule has 0 amide bonds. The summed E-state index contributed by atoms with van der Waals surface area (Å²) in [6.45, 7) is 7.77. The Kier molecular flexibility index (Phi) is 7.76. The van der Waals surface area contributed by atoms with E-state index in [9.17, 15) is 8.78 Å². The molecule has 3 aliphatic heterocycles. The van der Waals surface area contributed by atoms with Gasteiger partial charge in [-0.05, 0) is 30.5 Å². The van der Waals surface area contributed by atoms with Crippen molar-refractivity contribution >= 4 is 12.6 Å². The first kappa shape index (κ1) is 25.5. The standard InChI is InChI=1S/C24H23F2N5O3.C2H6/c1-3-18-17-9-10-27-21(17)28-14-31(18)12-20-29-22(30-34-20)24(4-2)11-19(32-13-24)15-5-7-16(8-6-15)33-23(25)26;1-2/h5-8,10,14,19,23H,1,4,9,11-13H2,2H3;1-2H3/t19-,24+;/m1./s1. The number of nitrogens with zero attached hydrogens (tertiary/aromatic N) is 5. The smallest absolute Gasteiger partial charge is 0.387 e. The lowest BCUT2D eigenvalue weighted by molar-refractivity contribution is -0.0498. The topological polar surface area (TPSA) is 85.3 Å². The van der Waals surface area contributed by atoms with E-state index in [1.165, 1.54) is 12.1 Å². The number of halogens is 2. The highest BCUT2D eigenvalue weighted by atomic mass is 19.3. The largest absolute Gasteiger partial charge is 0.435 e. The molecule has 1 fully saturated rings. The molecule has 0 saturated carbocycles. The predicted molar refractivity (Wildman–Crippen MR) is 131 cm³/mol. The van der Waals surface area contributed by atoms with Gasteiger partial charge in [0.25, 0.3) is 0 Å². The average molecular weight is 498 g/mol. The van der Waals surface area contributed by atoms with Crippen LogP contribution in [-0.2, 0) is 16.7 Å². The molecular formula is C26H29F2N5O3. The number of aromatic nitrogens is 2. The first-order valence-electron chi connectivity index (χ1n) is 12.0. The van der Waals surface area contributed by atoms with E-state index in [1.807, 2.05) is 25.0 Å². The third-order valence-corrected chi connectivity index (χ3v) is 6.38. The molecule has 0 radical (unpaired) electrons. The van der Waals surface area contributed by atoms with E-state index in [1.54, 1.807) is 18.5 Å². The van der Waals surface area contributed by atoms with Crippen LogP contribution in [0.5, 0.6) is 5.75 Å². The number of hydrogen-bond donors (Lipinski definition) is 0. The normalized spacial score (nSPS) is 22.6. The molecule has 0 N–H and O–H groups in total. The summed E-state index contributed by atoms with van der Waals surface area (Å²) >= 11 is 0. The monoisotopic (exact) mass is 497 g/mol. The molecule has 8 nitrogen and oxygen atoms in total. The lowest BCUT2D eigenvalue weighted by Gasteiger charge is -2.23. The van der Waals surface area contributed by atoms with Crippen LogP contribution in [0.25, 0.3) is 0 Å². The summed E-state index contributed by atoms with van der Waals surface area (Å²) in [7, 11) is 0. The number of rotatable bonds is 7. The predicted octanol–water partition coefficient (Wildman–Crippen LogP) is 5.71. The van der Waals surface area contributed by atoms with E-state index in [4.69, 9.17) is 9.26 Å². The van der Waals surface area contributed by atoms with Crippen molar-refractivity contribution in [3.8, 4) is 5.75 Å². The van der Waals surface area contributed by atoms with E-state index in [0.717, 1.165) is 23.3 Å². The summed E-state index contributed by atoms with van der Waals surface area (Å²) in [6.07, 6.45) is 5.36. The molecule has 10 heteroatoms. The molecule has 0 unspecified atom stereocenters. The molecule has 1 aromatic carbocycles. The van der Waals surface area contributed by atoms with Crippen molar-refractivity contribution in [1.82, 2.24) is 15.0 Å². The molecular weight excluding hydrogens is 468 g/mol. The Hall–Kier alpha value is -3.62. The van der Waals surface area contributed by atoms with E-state index >= 15 is 0 Å². The van der Waals surface area contributed by atoms with E-state index in [2.05, 4.69) is 44.1 Å². The molecule has 2 atom stereocenters. The zero-order valence-electron chi connectivity index (χ0n) is 20.6. The second-order valence-corrected chi connectivity index (χ2v) is 8.31. The van der Waals surface area contributed by atoms with Crippen LogP contribution in [0.3, 0.4) is 0 Å². The van der Waals surface area contributed by atoms with Gasteiger partial charge in [0.2, 0.25) is 5.89 Å². The van der Waals surface area contributed by atoms with E-state index in [-0.39, 0.29) is 11.9 Å². The van der Waals surface area contributed by atoms with Gasteiger partial charge in [-0.15, -0.1) is 5.73 Å². The number of benzene rings is 1. The Morgan fingerprint density at radius 1 is 1.25 bits per heavy atom. The van der Waals surface area contributed by atoms with Crippen LogP contribution in [0.2, 0.25) is 0 Å². The van der Waals surface area contributed by atoms with Crippen LogP contribution in [0.4, 0.5) is 8.78 Å². The number of ether oxygens (including phenoxy) is 2. The SMILES string of the molecule is C=C=C1C2=C(N=CC2)N=CN1Cc1nc([C@]2(CC)CO[C@@H](c3ccc(OC(F)F)cc3)C2)no1.CC. The second kappa shape index (κ2) is 11.0. The van der Waals surface area contributed by atoms with Gasteiger partial charge in [0.15, 0.2) is 11.6 Å². The maximum Gasteiger partial charge on any atom is 0.387 e. The summed E-state index contributed by atoms with van der Waals surface area (Å²) in [4.78, 5) is 15.2. The molecule has 1 saturated heterocycles. The highest BCUT2D eigenvalue weighted by Crippen LogP contribution is 2.44.